The fraction of sp³-hybridized carbons (Fsp3) is 0.400. The predicted octanol–water partition coefficient (Wildman–Crippen LogP) is 1.95. The molecule has 0 N–H and O–H groups in total. The van der Waals surface area contributed by atoms with Gasteiger partial charge in [-0.1, -0.05) is 13.3 Å². The lowest BCUT2D eigenvalue weighted by Gasteiger charge is -2.14. The lowest BCUT2D eigenvalue weighted by atomic mass is 10.2. The van der Waals surface area contributed by atoms with Crippen LogP contribution < -0.4 is 4.90 Å². The molecule has 0 aliphatic carbocycles. The molecule has 5 heteroatoms. The van der Waals surface area contributed by atoms with Crippen LogP contribution in [0, 0.1) is 0 Å². The summed E-state index contributed by atoms with van der Waals surface area (Å²) in [5, 5.41) is 0. The van der Waals surface area contributed by atoms with Gasteiger partial charge in [-0.25, -0.2) is 4.79 Å². The molecule has 0 unspecified atom stereocenters. The average Bonchev–Trinajstić information content (AvgIpc) is 2.78. The molecule has 1 aromatic carbocycles. The monoisotopic (exact) mass is 275 g/mol. The van der Waals surface area contributed by atoms with Gasteiger partial charge in [0.05, 0.1) is 25.1 Å². The molecule has 0 aromatic heterocycles. The summed E-state index contributed by atoms with van der Waals surface area (Å²) in [4.78, 5) is 36.0. The maximum atomic E-state index is 11.7. The summed E-state index contributed by atoms with van der Waals surface area (Å²) in [6, 6.07) is 6.54. The molecule has 1 aliphatic heterocycles. The van der Waals surface area contributed by atoms with Crippen molar-refractivity contribution in [3.05, 3.63) is 29.8 Å². The van der Waals surface area contributed by atoms with Gasteiger partial charge in [0.2, 0.25) is 5.91 Å². The van der Waals surface area contributed by atoms with Gasteiger partial charge >= 0.3 is 5.97 Å². The minimum Gasteiger partial charge on any atom is -0.462 e. The van der Waals surface area contributed by atoms with Crippen LogP contribution in [0.2, 0.25) is 0 Å². The van der Waals surface area contributed by atoms with E-state index in [0.717, 1.165) is 12.8 Å². The van der Waals surface area contributed by atoms with Crippen LogP contribution in [0.4, 0.5) is 5.69 Å². The molecule has 0 saturated carbocycles. The first kappa shape index (κ1) is 14.2. The number of carbonyl (C=O) groups is 3. The van der Waals surface area contributed by atoms with Gasteiger partial charge in [-0.15, -0.1) is 0 Å². The van der Waals surface area contributed by atoms with Crippen molar-refractivity contribution < 1.29 is 19.1 Å². The Morgan fingerprint density at radius 3 is 2.50 bits per heavy atom. The topological polar surface area (TPSA) is 63.7 Å². The third kappa shape index (κ3) is 3.23. The van der Waals surface area contributed by atoms with E-state index in [1.807, 2.05) is 6.92 Å². The minimum absolute atomic E-state index is 0.0409. The van der Waals surface area contributed by atoms with Gasteiger partial charge < -0.3 is 9.64 Å². The zero-order valence-corrected chi connectivity index (χ0v) is 11.4. The van der Waals surface area contributed by atoms with E-state index < -0.39 is 0 Å². The Bertz CT molecular complexity index is 521. The highest BCUT2D eigenvalue weighted by molar-refractivity contribution is 6.15. The van der Waals surface area contributed by atoms with E-state index in [2.05, 4.69) is 0 Å². The molecule has 5 nitrogen and oxygen atoms in total. The van der Waals surface area contributed by atoms with E-state index in [-0.39, 0.29) is 30.6 Å². The minimum atomic E-state index is -0.367. The lowest BCUT2D eigenvalue weighted by molar-refractivity contribution is -0.121. The molecule has 20 heavy (non-hydrogen) atoms. The van der Waals surface area contributed by atoms with Gasteiger partial charge in [0.25, 0.3) is 0 Å². The van der Waals surface area contributed by atoms with Gasteiger partial charge in [0, 0.05) is 5.69 Å². The molecule has 1 saturated heterocycles. The maximum absolute atomic E-state index is 11.7. The summed E-state index contributed by atoms with van der Waals surface area (Å²) in [7, 11) is 0. The first-order chi connectivity index (χ1) is 9.61. The number of esters is 1. The Morgan fingerprint density at radius 1 is 1.25 bits per heavy atom. The van der Waals surface area contributed by atoms with Crippen LogP contribution in [0.5, 0.6) is 0 Å². The van der Waals surface area contributed by atoms with Crippen molar-refractivity contribution in [1.29, 1.82) is 0 Å². The summed E-state index contributed by atoms with van der Waals surface area (Å²) in [5.74, 6) is -0.653. The van der Waals surface area contributed by atoms with E-state index in [0.29, 0.717) is 17.9 Å². The van der Waals surface area contributed by atoms with Crippen LogP contribution in [-0.4, -0.2) is 30.8 Å². The maximum Gasteiger partial charge on any atom is 0.338 e. The Hall–Kier alpha value is -2.17. The molecular weight excluding hydrogens is 258 g/mol. The number of ether oxygens (including phenoxy) is 1. The summed E-state index contributed by atoms with van der Waals surface area (Å²) in [6.07, 6.45) is 1.77. The van der Waals surface area contributed by atoms with E-state index in [1.54, 1.807) is 24.3 Å². The van der Waals surface area contributed by atoms with Gasteiger partial charge in [0.1, 0.15) is 0 Å². The standard InChI is InChI=1S/C15H17NO4/c1-2-3-8-20-15(19)11-4-6-12(7-5-11)16-10-13(17)9-14(16)18/h4-7H,2-3,8-10H2,1H3. The third-order valence-corrected chi connectivity index (χ3v) is 3.13. The SMILES string of the molecule is CCCCOC(=O)c1ccc(N2CC(=O)CC2=O)cc1. The van der Waals surface area contributed by atoms with Crippen molar-refractivity contribution in [2.45, 2.75) is 26.2 Å². The summed E-state index contributed by atoms with van der Waals surface area (Å²) < 4.78 is 5.10. The second kappa shape index (κ2) is 6.32. The molecule has 2 rings (SSSR count). The summed E-state index contributed by atoms with van der Waals surface area (Å²) >= 11 is 0. The van der Waals surface area contributed by atoms with Gasteiger partial charge in [-0.3, -0.25) is 9.59 Å². The smallest absolute Gasteiger partial charge is 0.338 e. The van der Waals surface area contributed by atoms with E-state index in [1.165, 1.54) is 4.90 Å². The molecule has 0 atom stereocenters. The number of Topliss-reactive ketones (excluding diaryl/α,β-unsaturated/α-hetero) is 1. The van der Waals surface area contributed by atoms with Gasteiger partial charge in [0.15, 0.2) is 5.78 Å². The van der Waals surface area contributed by atoms with Crippen LogP contribution in [0.1, 0.15) is 36.5 Å². The van der Waals surface area contributed by atoms with Gasteiger partial charge in [-0.2, -0.15) is 0 Å². The number of carbonyl (C=O) groups excluding carboxylic acids is 3. The van der Waals surface area contributed by atoms with Gasteiger partial charge in [-0.05, 0) is 30.7 Å². The molecule has 0 spiro atoms. The molecule has 0 radical (unpaired) electrons. The average molecular weight is 275 g/mol. The molecule has 1 amide bonds. The lowest BCUT2D eigenvalue weighted by Crippen LogP contribution is -2.24. The fourth-order valence-corrected chi connectivity index (χ4v) is 1.99. The normalized spacial score (nSPS) is 14.8. The van der Waals surface area contributed by atoms with Crippen molar-refractivity contribution >= 4 is 23.3 Å². The Kier molecular flexibility index (Phi) is 4.50. The number of anilines is 1. The quantitative estimate of drug-likeness (QED) is 0.468. The highest BCUT2D eigenvalue weighted by atomic mass is 16.5. The second-order valence-corrected chi connectivity index (χ2v) is 4.73. The largest absolute Gasteiger partial charge is 0.462 e. The van der Waals surface area contributed by atoms with Crippen LogP contribution in [0.3, 0.4) is 0 Å². The summed E-state index contributed by atoms with van der Waals surface area (Å²) in [5.41, 5.74) is 1.08. The number of hydrogen-bond donors (Lipinski definition) is 0. The molecule has 1 aromatic rings. The fourth-order valence-electron chi connectivity index (χ4n) is 1.99. The molecular formula is C15H17NO4. The third-order valence-electron chi connectivity index (χ3n) is 3.13. The van der Waals surface area contributed by atoms with Crippen molar-refractivity contribution in [3.63, 3.8) is 0 Å². The predicted molar refractivity (Wildman–Crippen MR) is 73.6 cm³/mol. The number of benzene rings is 1. The number of hydrogen-bond acceptors (Lipinski definition) is 4. The first-order valence-electron chi connectivity index (χ1n) is 6.71. The number of ketones is 1. The summed E-state index contributed by atoms with van der Waals surface area (Å²) in [6.45, 7) is 2.55. The highest BCUT2D eigenvalue weighted by Gasteiger charge is 2.28. The molecule has 1 fully saturated rings. The van der Waals surface area contributed by atoms with Crippen LogP contribution in [0.25, 0.3) is 0 Å². The van der Waals surface area contributed by atoms with Crippen LogP contribution >= 0.6 is 0 Å². The Balaban J connectivity index is 2.01. The molecule has 106 valence electrons. The highest BCUT2D eigenvalue weighted by Crippen LogP contribution is 2.20. The van der Waals surface area contributed by atoms with E-state index in [4.69, 9.17) is 4.74 Å². The Labute approximate surface area is 117 Å². The first-order valence-corrected chi connectivity index (χ1v) is 6.71. The zero-order valence-electron chi connectivity index (χ0n) is 11.4. The van der Waals surface area contributed by atoms with Crippen molar-refractivity contribution in [2.24, 2.45) is 0 Å². The molecule has 0 bridgehead atoms. The van der Waals surface area contributed by atoms with Crippen LogP contribution in [-0.2, 0) is 14.3 Å². The number of unbranched alkanes of at least 4 members (excludes halogenated alkanes) is 1. The van der Waals surface area contributed by atoms with Crippen molar-refractivity contribution in [1.82, 2.24) is 0 Å². The Morgan fingerprint density at radius 2 is 1.95 bits per heavy atom. The van der Waals surface area contributed by atoms with Crippen LogP contribution in [0.15, 0.2) is 24.3 Å². The van der Waals surface area contributed by atoms with Crippen molar-refractivity contribution in [3.8, 4) is 0 Å². The molecule has 1 heterocycles. The van der Waals surface area contributed by atoms with Crippen molar-refractivity contribution in [2.75, 3.05) is 18.1 Å². The zero-order chi connectivity index (χ0) is 14.5. The second-order valence-electron chi connectivity index (χ2n) is 4.73. The van der Waals surface area contributed by atoms with E-state index >= 15 is 0 Å². The van der Waals surface area contributed by atoms with E-state index in [9.17, 15) is 14.4 Å². The number of rotatable bonds is 5. The number of nitrogens with zero attached hydrogens (tertiary/aromatic N) is 1. The number of amides is 1. The molecule has 1 aliphatic rings.